The third-order valence-corrected chi connectivity index (χ3v) is 8.30. The summed E-state index contributed by atoms with van der Waals surface area (Å²) in [7, 11) is 0. The van der Waals surface area contributed by atoms with Crippen LogP contribution in [0, 0.1) is 0 Å². The van der Waals surface area contributed by atoms with Crippen LogP contribution in [-0.4, -0.2) is 29.1 Å². The van der Waals surface area contributed by atoms with Crippen LogP contribution in [0.25, 0.3) is 77.9 Å². The van der Waals surface area contributed by atoms with Crippen molar-refractivity contribution in [3.05, 3.63) is 146 Å². The normalized spacial score (nSPS) is 11.6. The van der Waals surface area contributed by atoms with Gasteiger partial charge in [0.25, 0.3) is 0 Å². The molecule has 3 aromatic carbocycles. The molecule has 0 bridgehead atoms. The molecule has 0 aliphatic heterocycles. The van der Waals surface area contributed by atoms with E-state index < -0.39 is 0 Å². The Balaban J connectivity index is 1.11. The zero-order valence-electron chi connectivity index (χ0n) is 23.5. The molecule has 0 radical (unpaired) electrons. The van der Waals surface area contributed by atoms with Crippen molar-refractivity contribution in [2.24, 2.45) is 0 Å². The molecular weight excluding hydrogens is 540 g/mol. The molecule has 9 rings (SSSR count). The molecule has 0 saturated carbocycles. The Hall–Kier alpha value is -6.14. The van der Waals surface area contributed by atoms with Crippen LogP contribution < -0.4 is 0 Å². The first-order valence-corrected chi connectivity index (χ1v) is 14.6. The van der Waals surface area contributed by atoms with E-state index in [0.717, 1.165) is 72.5 Å². The van der Waals surface area contributed by atoms with Crippen molar-refractivity contribution in [2.45, 2.75) is 0 Å². The molecule has 6 heterocycles. The van der Waals surface area contributed by atoms with Crippen LogP contribution in [0.1, 0.15) is 0 Å². The van der Waals surface area contributed by atoms with E-state index in [1.165, 1.54) is 5.39 Å². The van der Waals surface area contributed by atoms with Crippen LogP contribution in [0.5, 0.6) is 0 Å². The Morgan fingerprint density at radius 3 is 1.98 bits per heavy atom. The lowest BCUT2D eigenvalue weighted by Gasteiger charge is -2.10. The molecule has 0 fully saturated rings. The van der Waals surface area contributed by atoms with Gasteiger partial charge in [0.05, 0.1) is 50.9 Å². The average molecular weight is 565 g/mol. The maximum Gasteiger partial charge on any atom is 0.138 e. The molecule has 0 atom stereocenters. The van der Waals surface area contributed by atoms with E-state index in [4.69, 9.17) is 9.97 Å². The first-order chi connectivity index (χ1) is 21.8. The first kappa shape index (κ1) is 24.5. The summed E-state index contributed by atoms with van der Waals surface area (Å²) in [6, 6.07) is 43.8. The molecule has 0 unspecified atom stereocenters. The number of pyridine rings is 4. The van der Waals surface area contributed by atoms with Gasteiger partial charge in [0.15, 0.2) is 0 Å². The van der Waals surface area contributed by atoms with E-state index in [1.807, 2.05) is 61.1 Å². The fourth-order valence-electron chi connectivity index (χ4n) is 6.34. The van der Waals surface area contributed by atoms with Gasteiger partial charge >= 0.3 is 0 Å². The molecule has 44 heavy (non-hydrogen) atoms. The minimum absolute atomic E-state index is 0.813. The Kier molecular flexibility index (Phi) is 5.40. The van der Waals surface area contributed by atoms with Gasteiger partial charge in [-0.3, -0.25) is 14.5 Å². The minimum atomic E-state index is 0.813. The van der Waals surface area contributed by atoms with Crippen molar-refractivity contribution >= 4 is 43.7 Å². The minimum Gasteiger partial charge on any atom is -0.308 e. The van der Waals surface area contributed by atoms with Gasteiger partial charge in [-0.25, -0.2) is 9.97 Å². The van der Waals surface area contributed by atoms with Crippen molar-refractivity contribution in [1.82, 2.24) is 29.1 Å². The van der Waals surface area contributed by atoms with Gasteiger partial charge in [-0.05, 0) is 66.7 Å². The maximum absolute atomic E-state index is 5.09. The number of nitrogens with zero attached hydrogens (tertiary/aromatic N) is 6. The summed E-state index contributed by atoms with van der Waals surface area (Å²) in [6.45, 7) is 0. The van der Waals surface area contributed by atoms with E-state index >= 15 is 0 Å². The molecule has 0 spiro atoms. The second-order valence-electron chi connectivity index (χ2n) is 10.8. The zero-order chi connectivity index (χ0) is 29.0. The van der Waals surface area contributed by atoms with Crippen LogP contribution in [0.3, 0.4) is 0 Å². The van der Waals surface area contributed by atoms with E-state index in [9.17, 15) is 0 Å². The van der Waals surface area contributed by atoms with Gasteiger partial charge in [0.2, 0.25) is 0 Å². The summed E-state index contributed by atoms with van der Waals surface area (Å²) in [4.78, 5) is 19.2. The molecule has 0 amide bonds. The first-order valence-electron chi connectivity index (χ1n) is 14.6. The van der Waals surface area contributed by atoms with Gasteiger partial charge < -0.3 is 4.57 Å². The van der Waals surface area contributed by atoms with Gasteiger partial charge in [0, 0.05) is 39.8 Å². The molecule has 0 N–H and O–H groups in total. The Morgan fingerprint density at radius 1 is 0.432 bits per heavy atom. The average Bonchev–Trinajstić information content (AvgIpc) is 3.62. The third kappa shape index (κ3) is 3.75. The summed E-state index contributed by atoms with van der Waals surface area (Å²) in [6.07, 6.45) is 5.60. The Labute approximate surface area is 252 Å². The largest absolute Gasteiger partial charge is 0.308 e. The van der Waals surface area contributed by atoms with Crippen molar-refractivity contribution in [2.75, 3.05) is 0 Å². The highest BCUT2D eigenvalue weighted by Gasteiger charge is 2.15. The highest BCUT2D eigenvalue weighted by molar-refractivity contribution is 6.09. The molecule has 0 saturated heterocycles. The predicted molar refractivity (Wildman–Crippen MR) is 177 cm³/mol. The number of benzene rings is 3. The monoisotopic (exact) mass is 564 g/mol. The number of para-hydroxylation sites is 2. The number of rotatable bonds is 4. The summed E-state index contributed by atoms with van der Waals surface area (Å²) < 4.78 is 4.44. The highest BCUT2D eigenvalue weighted by Crippen LogP contribution is 2.33. The SMILES string of the molecule is c1cc(-c2ccc(-n3c4ccccc4c4ncccc43)cc2)nc(-c2cccc(-n3c4ccccc4c4ccncc43)n2)c1. The van der Waals surface area contributed by atoms with E-state index in [-0.39, 0.29) is 0 Å². The van der Waals surface area contributed by atoms with Crippen LogP contribution in [0.15, 0.2) is 146 Å². The van der Waals surface area contributed by atoms with E-state index in [0.29, 0.717) is 0 Å². The fraction of sp³-hybridized carbons (Fsp3) is 0. The highest BCUT2D eigenvalue weighted by atomic mass is 15.1. The van der Waals surface area contributed by atoms with Gasteiger partial charge in [-0.15, -0.1) is 0 Å². The molecule has 206 valence electrons. The topological polar surface area (TPSA) is 61.4 Å². The van der Waals surface area contributed by atoms with E-state index in [2.05, 4.69) is 104 Å². The van der Waals surface area contributed by atoms with Crippen molar-refractivity contribution in [3.8, 4) is 34.2 Å². The van der Waals surface area contributed by atoms with Crippen LogP contribution in [0.4, 0.5) is 0 Å². The molecule has 6 heteroatoms. The lowest BCUT2D eigenvalue weighted by molar-refractivity contribution is 1.07. The van der Waals surface area contributed by atoms with E-state index in [1.54, 1.807) is 0 Å². The van der Waals surface area contributed by atoms with Gasteiger partial charge in [-0.1, -0.05) is 60.7 Å². The molecular formula is C38H24N6. The number of hydrogen-bond acceptors (Lipinski definition) is 4. The van der Waals surface area contributed by atoms with Crippen LogP contribution in [0.2, 0.25) is 0 Å². The lowest BCUT2D eigenvalue weighted by atomic mass is 10.1. The molecule has 0 aliphatic carbocycles. The number of hydrogen-bond donors (Lipinski definition) is 0. The summed E-state index contributed by atoms with van der Waals surface area (Å²) in [5.41, 5.74) is 10.0. The lowest BCUT2D eigenvalue weighted by Crippen LogP contribution is -1.99. The quantitative estimate of drug-likeness (QED) is 0.214. The number of fused-ring (bicyclic) bond motifs is 6. The second kappa shape index (κ2) is 9.71. The maximum atomic E-state index is 5.09. The molecule has 6 aromatic heterocycles. The van der Waals surface area contributed by atoms with Gasteiger partial charge in [-0.2, -0.15) is 0 Å². The van der Waals surface area contributed by atoms with Crippen molar-refractivity contribution < 1.29 is 0 Å². The van der Waals surface area contributed by atoms with Crippen LogP contribution in [-0.2, 0) is 0 Å². The Bertz CT molecular complexity index is 2400. The summed E-state index contributed by atoms with van der Waals surface area (Å²) in [5, 5.41) is 3.48. The standard InChI is InChI=1S/C38H24N6/c1-3-13-33-27(8-1)28-21-23-39-24-36(28)44(33)37-16-6-12-32(42-37)31-11-5-10-30(41-31)25-17-19-26(20-18-25)43-34-14-4-2-9-29(34)38-35(43)15-7-22-40-38/h1-24H. The number of aromatic nitrogens is 6. The van der Waals surface area contributed by atoms with Gasteiger partial charge in [0.1, 0.15) is 5.82 Å². The predicted octanol–water partition coefficient (Wildman–Crippen LogP) is 8.79. The molecule has 6 nitrogen and oxygen atoms in total. The Morgan fingerprint density at radius 2 is 1.11 bits per heavy atom. The molecule has 9 aromatic rings. The third-order valence-electron chi connectivity index (χ3n) is 8.30. The smallest absolute Gasteiger partial charge is 0.138 e. The molecule has 0 aliphatic rings. The van der Waals surface area contributed by atoms with Crippen molar-refractivity contribution in [1.29, 1.82) is 0 Å². The zero-order valence-corrected chi connectivity index (χ0v) is 23.5. The van der Waals surface area contributed by atoms with Crippen molar-refractivity contribution in [3.63, 3.8) is 0 Å². The summed E-state index contributed by atoms with van der Waals surface area (Å²) in [5.74, 6) is 0.832. The van der Waals surface area contributed by atoms with Crippen LogP contribution >= 0.6 is 0 Å². The second-order valence-corrected chi connectivity index (χ2v) is 10.8. The summed E-state index contributed by atoms with van der Waals surface area (Å²) >= 11 is 0. The fourth-order valence-corrected chi connectivity index (χ4v) is 6.34.